The number of halogens is 2. The van der Waals surface area contributed by atoms with E-state index in [2.05, 4.69) is 63.3 Å². The number of hydrogen-bond acceptors (Lipinski definition) is 5. The summed E-state index contributed by atoms with van der Waals surface area (Å²) in [4.78, 5) is 14.2. The van der Waals surface area contributed by atoms with Crippen LogP contribution in [0.3, 0.4) is 0 Å². The number of amides is 1. The molecule has 0 saturated carbocycles. The minimum absolute atomic E-state index is 0.0797. The molecule has 2 heterocycles. The Morgan fingerprint density at radius 3 is 2.57 bits per heavy atom. The Kier molecular flexibility index (Phi) is 4.95. The summed E-state index contributed by atoms with van der Waals surface area (Å²) in [5, 5.41) is 27.6. The lowest BCUT2D eigenvalue weighted by molar-refractivity contribution is 0.0934. The number of rotatable bonds is 1. The summed E-state index contributed by atoms with van der Waals surface area (Å²) in [6.07, 6.45) is 2.43. The van der Waals surface area contributed by atoms with E-state index in [4.69, 9.17) is 0 Å². The van der Waals surface area contributed by atoms with Crippen molar-refractivity contribution in [3.05, 3.63) is 36.6 Å². The van der Waals surface area contributed by atoms with E-state index < -0.39 is 6.17 Å². The lowest BCUT2D eigenvalue weighted by atomic mass is 9.72. The molecule has 2 aliphatic rings. The molecule has 1 aromatic heterocycles. The van der Waals surface area contributed by atoms with Crippen LogP contribution < -0.4 is 10.6 Å². The number of anilines is 1. The highest BCUT2D eigenvalue weighted by Gasteiger charge is 2.37. The molecule has 8 heteroatoms. The van der Waals surface area contributed by atoms with Crippen molar-refractivity contribution in [3.8, 4) is 11.5 Å². The van der Waals surface area contributed by atoms with Gasteiger partial charge in [0.05, 0.1) is 10.0 Å². The number of phenolic OH excluding ortho intramolecular Hbond substituents is 2. The zero-order valence-corrected chi connectivity index (χ0v) is 19.8. The second-order valence-electron chi connectivity index (χ2n) is 8.52. The Morgan fingerprint density at radius 1 is 1.18 bits per heavy atom. The topological polar surface area (TPSA) is 81.6 Å². The van der Waals surface area contributed by atoms with Crippen LogP contribution in [0.25, 0.3) is 0 Å². The number of aromatic hydroxyl groups is 2. The number of phenols is 2. The molecule has 1 amide bonds. The maximum Gasteiger partial charge on any atom is 0.256 e. The molecule has 28 heavy (non-hydrogen) atoms. The highest BCUT2D eigenvalue weighted by molar-refractivity contribution is 9.11. The largest absolute Gasteiger partial charge is 0.506 e. The minimum atomic E-state index is -0.577. The Labute approximate surface area is 184 Å². The van der Waals surface area contributed by atoms with Crippen molar-refractivity contribution in [2.45, 2.75) is 46.2 Å². The third-order valence-corrected chi connectivity index (χ3v) is 8.32. The van der Waals surface area contributed by atoms with Crippen molar-refractivity contribution in [2.24, 2.45) is 11.3 Å². The monoisotopic (exact) mass is 528 g/mol. The van der Waals surface area contributed by atoms with Gasteiger partial charge in [0.1, 0.15) is 27.1 Å². The molecule has 150 valence electrons. The van der Waals surface area contributed by atoms with Crippen molar-refractivity contribution >= 4 is 54.1 Å². The maximum atomic E-state index is 12.9. The molecular weight excluding hydrogens is 508 g/mol. The van der Waals surface area contributed by atoms with Crippen LogP contribution in [0.2, 0.25) is 0 Å². The van der Waals surface area contributed by atoms with Gasteiger partial charge in [0.15, 0.2) is 0 Å². The molecule has 0 bridgehead atoms. The van der Waals surface area contributed by atoms with Crippen LogP contribution in [0.15, 0.2) is 15.0 Å². The number of carbonyl (C=O) groups excluding carboxylic acids is 1. The molecule has 4 rings (SSSR count). The van der Waals surface area contributed by atoms with E-state index in [0.29, 0.717) is 16.0 Å². The van der Waals surface area contributed by atoms with Crippen molar-refractivity contribution in [3.63, 3.8) is 0 Å². The van der Waals surface area contributed by atoms with Gasteiger partial charge < -0.3 is 20.8 Å². The fourth-order valence-electron chi connectivity index (χ4n) is 4.03. The third-order valence-electron chi connectivity index (χ3n) is 5.78. The predicted molar refractivity (Wildman–Crippen MR) is 118 cm³/mol. The number of thiophene rings is 1. The Bertz CT molecular complexity index is 981. The van der Waals surface area contributed by atoms with E-state index in [9.17, 15) is 15.0 Å². The zero-order valence-electron chi connectivity index (χ0n) is 15.8. The van der Waals surface area contributed by atoms with Crippen LogP contribution in [-0.2, 0) is 12.8 Å². The molecule has 2 unspecified atom stereocenters. The number of fused-ring (bicyclic) bond motifs is 3. The van der Waals surface area contributed by atoms with Gasteiger partial charge in [-0.15, -0.1) is 11.3 Å². The third kappa shape index (κ3) is 3.23. The van der Waals surface area contributed by atoms with Gasteiger partial charge in [-0.3, -0.25) is 4.79 Å². The summed E-state index contributed by atoms with van der Waals surface area (Å²) < 4.78 is 0.629. The summed E-state index contributed by atoms with van der Waals surface area (Å²) in [5.74, 6) is 0.303. The number of carbonyl (C=O) groups is 1. The first kappa shape index (κ1) is 20.0. The number of benzene rings is 1. The highest BCUT2D eigenvalue weighted by Crippen LogP contribution is 2.48. The molecule has 1 aliphatic carbocycles. The Morgan fingerprint density at radius 2 is 1.89 bits per heavy atom. The van der Waals surface area contributed by atoms with Gasteiger partial charge in [0, 0.05) is 10.4 Å². The average molecular weight is 530 g/mol. The summed E-state index contributed by atoms with van der Waals surface area (Å²) in [6.45, 7) is 6.83. The zero-order chi connectivity index (χ0) is 20.4. The second kappa shape index (κ2) is 6.92. The molecule has 0 saturated heterocycles. The highest BCUT2D eigenvalue weighted by atomic mass is 79.9. The average Bonchev–Trinajstić information content (AvgIpc) is 3.00. The van der Waals surface area contributed by atoms with E-state index >= 15 is 0 Å². The molecule has 5 nitrogen and oxygen atoms in total. The van der Waals surface area contributed by atoms with Crippen molar-refractivity contribution in [2.75, 3.05) is 5.32 Å². The lowest BCUT2D eigenvalue weighted by Crippen LogP contribution is -2.38. The first-order valence-electron chi connectivity index (χ1n) is 9.19. The van der Waals surface area contributed by atoms with Crippen LogP contribution in [0.4, 0.5) is 5.00 Å². The SMILES string of the molecule is CC(C)(C)C1CCc2c(sc3c2C(=O)NC(c2cc(Br)c(O)c(Br)c2O)N3)C1. The van der Waals surface area contributed by atoms with Crippen molar-refractivity contribution < 1.29 is 15.0 Å². The van der Waals surface area contributed by atoms with E-state index in [0.717, 1.165) is 29.8 Å². The normalized spacial score (nSPS) is 21.5. The lowest BCUT2D eigenvalue weighted by Gasteiger charge is -2.34. The predicted octanol–water partition coefficient (Wildman–Crippen LogP) is 5.69. The van der Waals surface area contributed by atoms with Gasteiger partial charge in [-0.1, -0.05) is 20.8 Å². The van der Waals surface area contributed by atoms with Crippen LogP contribution in [-0.4, -0.2) is 16.1 Å². The molecule has 2 atom stereocenters. The molecule has 1 aromatic carbocycles. The number of nitrogens with one attached hydrogen (secondary N) is 2. The molecule has 2 aromatic rings. The fourth-order valence-corrected chi connectivity index (χ4v) is 6.54. The van der Waals surface area contributed by atoms with E-state index in [1.807, 2.05) is 0 Å². The molecular formula is C20H22Br2N2O3S. The van der Waals surface area contributed by atoms with E-state index in [-0.39, 0.29) is 27.3 Å². The van der Waals surface area contributed by atoms with Gasteiger partial charge in [-0.05, 0) is 74.1 Å². The minimum Gasteiger partial charge on any atom is -0.506 e. The van der Waals surface area contributed by atoms with Gasteiger partial charge in [-0.2, -0.15) is 0 Å². The molecule has 4 N–H and O–H groups in total. The van der Waals surface area contributed by atoms with Crippen molar-refractivity contribution in [1.82, 2.24) is 5.32 Å². The summed E-state index contributed by atoms with van der Waals surface area (Å²) in [5.41, 5.74) is 2.65. The molecule has 0 fully saturated rings. The van der Waals surface area contributed by atoms with Gasteiger partial charge >= 0.3 is 0 Å². The quantitative estimate of drug-likeness (QED) is 0.382. The second-order valence-corrected chi connectivity index (χ2v) is 11.3. The first-order chi connectivity index (χ1) is 13.1. The van der Waals surface area contributed by atoms with Crippen LogP contribution in [0.5, 0.6) is 11.5 Å². The van der Waals surface area contributed by atoms with Gasteiger partial charge in [-0.25, -0.2) is 0 Å². The van der Waals surface area contributed by atoms with E-state index in [1.165, 1.54) is 10.4 Å². The summed E-state index contributed by atoms with van der Waals surface area (Å²) >= 11 is 8.14. The fraction of sp³-hybridized carbons (Fsp3) is 0.450. The Hall–Kier alpha value is -1.25. The molecule has 0 radical (unpaired) electrons. The van der Waals surface area contributed by atoms with Crippen LogP contribution in [0, 0.1) is 11.3 Å². The first-order valence-corrected chi connectivity index (χ1v) is 11.6. The maximum absolute atomic E-state index is 12.9. The van der Waals surface area contributed by atoms with Crippen LogP contribution in [0.1, 0.15) is 59.7 Å². The van der Waals surface area contributed by atoms with Gasteiger partial charge in [0.25, 0.3) is 5.91 Å². The van der Waals surface area contributed by atoms with Gasteiger partial charge in [0.2, 0.25) is 0 Å². The standard InChI is InChI=1S/C20H22Br2N2O3S/c1-20(2,3)8-4-5-9-12(6-8)28-19-13(9)18(27)23-17(24-19)10-7-11(21)16(26)14(22)15(10)25/h7-8,17,24-26H,4-6H2,1-3H3,(H,23,27). The van der Waals surface area contributed by atoms with Crippen molar-refractivity contribution in [1.29, 1.82) is 0 Å². The smallest absolute Gasteiger partial charge is 0.256 e. The molecule has 0 spiro atoms. The van der Waals surface area contributed by atoms with Crippen LogP contribution >= 0.6 is 43.2 Å². The molecule has 1 aliphatic heterocycles. The summed E-state index contributed by atoms with van der Waals surface area (Å²) in [7, 11) is 0. The van der Waals surface area contributed by atoms with E-state index in [1.54, 1.807) is 17.4 Å². The summed E-state index contributed by atoms with van der Waals surface area (Å²) in [6, 6.07) is 1.61. The number of hydrogen-bond donors (Lipinski definition) is 4. The Balaban J connectivity index is 1.70.